The average Bonchev–Trinajstić information content (AvgIpc) is 2.96. The summed E-state index contributed by atoms with van der Waals surface area (Å²) in [5.74, 6) is 1.34. The van der Waals surface area contributed by atoms with Crippen molar-refractivity contribution in [2.24, 2.45) is 12.5 Å². The van der Waals surface area contributed by atoms with E-state index in [1.165, 1.54) is 63.0 Å². The highest BCUT2D eigenvalue weighted by atomic mass is 79.9. The van der Waals surface area contributed by atoms with E-state index < -0.39 is 0 Å². The van der Waals surface area contributed by atoms with Crippen LogP contribution in [0.25, 0.3) is 0 Å². The summed E-state index contributed by atoms with van der Waals surface area (Å²) in [6, 6.07) is 0. The molecule has 3 nitrogen and oxygen atoms in total. The molecule has 3 rings (SSSR count). The van der Waals surface area contributed by atoms with Crippen LogP contribution in [0.2, 0.25) is 0 Å². The van der Waals surface area contributed by atoms with Crippen molar-refractivity contribution in [3.63, 3.8) is 0 Å². The van der Waals surface area contributed by atoms with E-state index >= 15 is 0 Å². The monoisotopic (exact) mass is 325 g/mol. The van der Waals surface area contributed by atoms with Crippen LogP contribution in [-0.4, -0.2) is 22.9 Å². The molecule has 0 radical (unpaired) electrons. The van der Waals surface area contributed by atoms with Crippen LogP contribution in [-0.2, 0) is 12.4 Å². The number of anilines is 1. The van der Waals surface area contributed by atoms with Crippen LogP contribution in [0.3, 0.4) is 0 Å². The smallest absolute Gasteiger partial charge is 0.130 e. The number of alkyl halides is 1. The van der Waals surface area contributed by atoms with Gasteiger partial charge in [0.05, 0.1) is 5.69 Å². The molecule has 0 bridgehead atoms. The number of rotatable bonds is 2. The van der Waals surface area contributed by atoms with E-state index in [0.717, 1.165) is 11.0 Å². The zero-order valence-electron chi connectivity index (χ0n) is 12.1. The predicted octanol–water partition coefficient (Wildman–Crippen LogP) is 3.78. The minimum absolute atomic E-state index is 0.693. The summed E-state index contributed by atoms with van der Waals surface area (Å²) in [6.07, 6.45) is 8.60. The summed E-state index contributed by atoms with van der Waals surface area (Å²) < 4.78 is 2.07. The fourth-order valence-corrected chi connectivity index (χ4v) is 4.72. The van der Waals surface area contributed by atoms with Crippen LogP contribution in [0.4, 0.5) is 5.82 Å². The van der Waals surface area contributed by atoms with Gasteiger partial charge >= 0.3 is 0 Å². The summed E-state index contributed by atoms with van der Waals surface area (Å²) in [4.78, 5) is 2.56. The molecule has 0 unspecified atom stereocenters. The summed E-state index contributed by atoms with van der Waals surface area (Å²) in [5, 5.41) is 5.50. The number of hydrogen-bond donors (Lipinski definition) is 0. The van der Waals surface area contributed by atoms with Gasteiger partial charge in [-0.3, -0.25) is 4.68 Å². The van der Waals surface area contributed by atoms with Gasteiger partial charge in [0.1, 0.15) is 5.82 Å². The fraction of sp³-hybridized carbons (Fsp3) is 0.800. The van der Waals surface area contributed by atoms with Gasteiger partial charge in [-0.2, -0.15) is 5.10 Å². The van der Waals surface area contributed by atoms with E-state index in [4.69, 9.17) is 0 Å². The van der Waals surface area contributed by atoms with Gasteiger partial charge in [-0.15, -0.1) is 0 Å². The van der Waals surface area contributed by atoms with E-state index in [-0.39, 0.29) is 0 Å². The first-order chi connectivity index (χ1) is 9.15. The Morgan fingerprint density at radius 1 is 1.16 bits per heavy atom. The highest BCUT2D eigenvalue weighted by molar-refractivity contribution is 9.08. The van der Waals surface area contributed by atoms with Gasteiger partial charge in [0.2, 0.25) is 0 Å². The van der Waals surface area contributed by atoms with E-state index in [0.29, 0.717) is 5.41 Å². The lowest BCUT2D eigenvalue weighted by molar-refractivity contribution is 0.225. The third kappa shape index (κ3) is 2.32. The second-order valence-electron chi connectivity index (χ2n) is 6.34. The average molecular weight is 326 g/mol. The molecule has 2 aliphatic rings. The van der Waals surface area contributed by atoms with Crippen LogP contribution in [0, 0.1) is 12.3 Å². The maximum Gasteiger partial charge on any atom is 0.130 e. The van der Waals surface area contributed by atoms with Gasteiger partial charge in [0.15, 0.2) is 0 Å². The number of nitrogens with zero attached hydrogens (tertiary/aromatic N) is 3. The molecule has 4 heteroatoms. The normalized spacial score (nSPS) is 22.4. The van der Waals surface area contributed by atoms with Crippen molar-refractivity contribution in [1.29, 1.82) is 0 Å². The molecule has 1 saturated carbocycles. The molecule has 0 N–H and O–H groups in total. The van der Waals surface area contributed by atoms with Crippen molar-refractivity contribution in [3.05, 3.63) is 11.3 Å². The van der Waals surface area contributed by atoms with Gasteiger partial charge in [-0.1, -0.05) is 28.8 Å². The number of aromatic nitrogens is 2. The Kier molecular flexibility index (Phi) is 3.63. The van der Waals surface area contributed by atoms with Crippen molar-refractivity contribution in [1.82, 2.24) is 9.78 Å². The molecule has 1 aliphatic carbocycles. The summed E-state index contributed by atoms with van der Waals surface area (Å²) in [7, 11) is 2.08. The summed E-state index contributed by atoms with van der Waals surface area (Å²) in [5.41, 5.74) is 3.22. The summed E-state index contributed by atoms with van der Waals surface area (Å²) in [6.45, 7) is 4.53. The first-order valence-electron chi connectivity index (χ1n) is 7.49. The van der Waals surface area contributed by atoms with Gasteiger partial charge in [-0.05, 0) is 38.0 Å². The second kappa shape index (κ2) is 5.12. The third-order valence-electron chi connectivity index (χ3n) is 5.23. The van der Waals surface area contributed by atoms with Crippen molar-refractivity contribution in [2.75, 3.05) is 18.0 Å². The van der Waals surface area contributed by atoms with Crippen molar-refractivity contribution in [2.45, 2.75) is 50.8 Å². The fourth-order valence-electron chi connectivity index (χ4n) is 4.06. The Bertz CT molecular complexity index is 450. The van der Waals surface area contributed by atoms with E-state index in [1.807, 2.05) is 0 Å². The maximum absolute atomic E-state index is 4.59. The highest BCUT2D eigenvalue weighted by Crippen LogP contribution is 2.47. The van der Waals surface area contributed by atoms with Crippen molar-refractivity contribution < 1.29 is 0 Å². The first kappa shape index (κ1) is 13.5. The molecular weight excluding hydrogens is 302 g/mol. The molecule has 2 fully saturated rings. The van der Waals surface area contributed by atoms with E-state index in [1.54, 1.807) is 0 Å². The predicted molar refractivity (Wildman–Crippen MR) is 82.9 cm³/mol. The number of aryl methyl sites for hydroxylation is 2. The number of halogens is 1. The zero-order chi connectivity index (χ0) is 13.5. The first-order valence-corrected chi connectivity index (χ1v) is 8.61. The molecule has 1 aromatic rings. The minimum Gasteiger partial charge on any atom is -0.357 e. The highest BCUT2D eigenvalue weighted by Gasteiger charge is 2.37. The van der Waals surface area contributed by atoms with E-state index in [2.05, 4.69) is 44.6 Å². The maximum atomic E-state index is 4.59. The largest absolute Gasteiger partial charge is 0.357 e. The molecule has 19 heavy (non-hydrogen) atoms. The van der Waals surface area contributed by atoms with Crippen LogP contribution >= 0.6 is 15.9 Å². The van der Waals surface area contributed by atoms with E-state index in [9.17, 15) is 0 Å². The van der Waals surface area contributed by atoms with Gasteiger partial charge in [-0.25, -0.2) is 0 Å². The quantitative estimate of drug-likeness (QED) is 0.771. The van der Waals surface area contributed by atoms with Crippen molar-refractivity contribution in [3.8, 4) is 0 Å². The number of hydrogen-bond acceptors (Lipinski definition) is 2. The summed E-state index contributed by atoms with van der Waals surface area (Å²) >= 11 is 3.62. The molecule has 1 saturated heterocycles. The van der Waals surface area contributed by atoms with Gasteiger partial charge in [0, 0.05) is 31.0 Å². The topological polar surface area (TPSA) is 21.1 Å². The molecular formula is C15H24BrN3. The number of piperidine rings is 1. The standard InChI is InChI=1S/C15H24BrN3/c1-12-13(11-16)14(18(2)17-12)19-9-7-15(8-10-19)5-3-4-6-15/h3-11H2,1-2H3. The molecule has 1 aliphatic heterocycles. The lowest BCUT2D eigenvalue weighted by atomic mass is 9.77. The molecule has 0 aromatic carbocycles. The Hall–Kier alpha value is -0.510. The van der Waals surface area contributed by atoms with Crippen LogP contribution in [0.5, 0.6) is 0 Å². The lowest BCUT2D eigenvalue weighted by Crippen LogP contribution is -2.40. The van der Waals surface area contributed by atoms with Crippen LogP contribution in [0.1, 0.15) is 49.8 Å². The Morgan fingerprint density at radius 2 is 1.79 bits per heavy atom. The van der Waals surface area contributed by atoms with Crippen molar-refractivity contribution >= 4 is 21.7 Å². The molecule has 0 atom stereocenters. The van der Waals surface area contributed by atoms with Gasteiger partial charge in [0.25, 0.3) is 0 Å². The van der Waals surface area contributed by atoms with Gasteiger partial charge < -0.3 is 4.90 Å². The third-order valence-corrected chi connectivity index (χ3v) is 5.80. The second-order valence-corrected chi connectivity index (χ2v) is 6.90. The Labute approximate surface area is 124 Å². The zero-order valence-corrected chi connectivity index (χ0v) is 13.7. The van der Waals surface area contributed by atoms with Crippen LogP contribution in [0.15, 0.2) is 0 Å². The van der Waals surface area contributed by atoms with Crippen LogP contribution < -0.4 is 4.90 Å². The minimum atomic E-state index is 0.693. The molecule has 1 spiro atoms. The molecule has 1 aromatic heterocycles. The molecule has 2 heterocycles. The molecule has 106 valence electrons. The Morgan fingerprint density at radius 3 is 2.37 bits per heavy atom. The Balaban J connectivity index is 1.78. The molecule has 0 amide bonds. The lowest BCUT2D eigenvalue weighted by Gasteiger charge is -2.40. The SMILES string of the molecule is Cc1nn(C)c(N2CCC3(CCCC3)CC2)c1CBr.